The summed E-state index contributed by atoms with van der Waals surface area (Å²) in [6.45, 7) is 6.49. The lowest BCUT2D eigenvalue weighted by atomic mass is 9.79. The number of carbonyl (C=O) groups is 2. The van der Waals surface area contributed by atoms with E-state index in [9.17, 15) is 9.59 Å². The largest absolute Gasteiger partial charge is 0.462 e. The molecule has 1 aromatic carbocycles. The van der Waals surface area contributed by atoms with Crippen LogP contribution >= 0.6 is 0 Å². The molecule has 0 bridgehead atoms. The number of rotatable bonds is 9. The molecule has 0 amide bonds. The van der Waals surface area contributed by atoms with Crippen LogP contribution in [0.15, 0.2) is 24.3 Å². The van der Waals surface area contributed by atoms with Gasteiger partial charge in [0.15, 0.2) is 0 Å². The van der Waals surface area contributed by atoms with E-state index in [0.717, 1.165) is 44.1 Å². The summed E-state index contributed by atoms with van der Waals surface area (Å²) in [7, 11) is 0. The van der Waals surface area contributed by atoms with Crippen LogP contribution in [-0.4, -0.2) is 24.6 Å². The number of unbranched alkanes of at least 4 members (excludes halogenated alkanes) is 1. The van der Waals surface area contributed by atoms with Crippen molar-refractivity contribution >= 4 is 11.9 Å². The molecule has 3 atom stereocenters. The van der Waals surface area contributed by atoms with Crippen LogP contribution in [0.3, 0.4) is 0 Å². The third-order valence-electron chi connectivity index (χ3n) is 5.36. The fourth-order valence-corrected chi connectivity index (χ4v) is 3.73. The predicted molar refractivity (Wildman–Crippen MR) is 102 cm³/mol. The minimum atomic E-state index is -0.289. The van der Waals surface area contributed by atoms with Gasteiger partial charge in [-0.3, -0.25) is 4.79 Å². The molecule has 1 fully saturated rings. The Kier molecular flexibility index (Phi) is 8.14. The molecule has 1 aliphatic rings. The van der Waals surface area contributed by atoms with Crippen LogP contribution < -0.4 is 0 Å². The van der Waals surface area contributed by atoms with Gasteiger partial charge < -0.3 is 9.47 Å². The van der Waals surface area contributed by atoms with Crippen molar-refractivity contribution in [1.29, 1.82) is 0 Å². The van der Waals surface area contributed by atoms with Crippen LogP contribution in [0.2, 0.25) is 0 Å². The minimum Gasteiger partial charge on any atom is -0.462 e. The van der Waals surface area contributed by atoms with Crippen molar-refractivity contribution in [3.63, 3.8) is 0 Å². The zero-order chi connectivity index (χ0) is 18.9. The molecular weight excluding hydrogens is 328 g/mol. The van der Waals surface area contributed by atoms with Gasteiger partial charge in [-0.2, -0.15) is 0 Å². The van der Waals surface area contributed by atoms with E-state index in [1.54, 1.807) is 6.07 Å². The van der Waals surface area contributed by atoms with E-state index < -0.39 is 0 Å². The topological polar surface area (TPSA) is 52.6 Å². The summed E-state index contributed by atoms with van der Waals surface area (Å²) < 4.78 is 11.0. The van der Waals surface area contributed by atoms with Gasteiger partial charge in [0.1, 0.15) is 6.10 Å². The predicted octanol–water partition coefficient (Wildman–Crippen LogP) is 5.08. The molecule has 144 valence electrons. The number of esters is 2. The van der Waals surface area contributed by atoms with Gasteiger partial charge in [0, 0.05) is 0 Å². The molecule has 26 heavy (non-hydrogen) atoms. The highest BCUT2D eigenvalue weighted by Crippen LogP contribution is 2.34. The van der Waals surface area contributed by atoms with E-state index in [1.807, 2.05) is 25.1 Å². The highest BCUT2D eigenvalue weighted by atomic mass is 16.5. The Morgan fingerprint density at radius 3 is 2.65 bits per heavy atom. The van der Waals surface area contributed by atoms with E-state index in [1.165, 1.54) is 0 Å². The maximum atomic E-state index is 12.4. The minimum absolute atomic E-state index is 0.0542. The first-order valence-electron chi connectivity index (χ1n) is 10.00. The molecule has 0 unspecified atom stereocenters. The van der Waals surface area contributed by atoms with Gasteiger partial charge in [-0.05, 0) is 56.6 Å². The summed E-state index contributed by atoms with van der Waals surface area (Å²) in [5.74, 6) is -0.00735. The van der Waals surface area contributed by atoms with E-state index in [-0.39, 0.29) is 24.0 Å². The normalized spacial score (nSPS) is 22.7. The van der Waals surface area contributed by atoms with E-state index in [2.05, 4.69) is 13.8 Å². The molecule has 0 N–H and O–H groups in total. The van der Waals surface area contributed by atoms with E-state index in [0.29, 0.717) is 24.5 Å². The van der Waals surface area contributed by atoms with Gasteiger partial charge in [0.25, 0.3) is 0 Å². The molecule has 0 aromatic heterocycles. The Hall–Kier alpha value is -1.84. The van der Waals surface area contributed by atoms with Crippen molar-refractivity contribution in [3.05, 3.63) is 35.4 Å². The third kappa shape index (κ3) is 5.58. The molecule has 4 nitrogen and oxygen atoms in total. The number of cyclic esters (lactones) is 1. The maximum absolute atomic E-state index is 12.4. The van der Waals surface area contributed by atoms with Gasteiger partial charge in [0.2, 0.25) is 0 Å². The molecule has 0 aliphatic carbocycles. The molecule has 1 aromatic rings. The summed E-state index contributed by atoms with van der Waals surface area (Å²) in [5, 5.41) is 0. The van der Waals surface area contributed by atoms with Gasteiger partial charge in [-0.15, -0.1) is 0 Å². The lowest BCUT2D eigenvalue weighted by Crippen LogP contribution is -2.38. The van der Waals surface area contributed by atoms with E-state index >= 15 is 0 Å². The number of benzene rings is 1. The Morgan fingerprint density at radius 2 is 1.96 bits per heavy atom. The molecule has 0 radical (unpaired) electrons. The van der Waals surface area contributed by atoms with Crippen LogP contribution in [0.4, 0.5) is 0 Å². The number of carbonyl (C=O) groups excluding carboxylic acids is 2. The lowest BCUT2D eigenvalue weighted by Gasteiger charge is -2.35. The summed E-state index contributed by atoms with van der Waals surface area (Å²) in [4.78, 5) is 24.6. The number of hydrogen-bond acceptors (Lipinski definition) is 4. The monoisotopic (exact) mass is 360 g/mol. The highest BCUT2D eigenvalue weighted by molar-refractivity contribution is 5.90. The fraction of sp³-hybridized carbons (Fsp3) is 0.636. The van der Waals surface area contributed by atoms with E-state index in [4.69, 9.17) is 9.47 Å². The summed E-state index contributed by atoms with van der Waals surface area (Å²) in [6.07, 6.45) is 6.71. The average molecular weight is 360 g/mol. The van der Waals surface area contributed by atoms with Crippen molar-refractivity contribution in [3.8, 4) is 0 Å². The van der Waals surface area contributed by atoms with Crippen molar-refractivity contribution < 1.29 is 19.1 Å². The second-order valence-corrected chi connectivity index (χ2v) is 7.30. The Morgan fingerprint density at radius 1 is 1.19 bits per heavy atom. The number of ether oxygens (including phenoxy) is 2. The summed E-state index contributed by atoms with van der Waals surface area (Å²) in [6, 6.07) is 7.42. The van der Waals surface area contributed by atoms with Crippen molar-refractivity contribution in [2.45, 2.75) is 71.8 Å². The van der Waals surface area contributed by atoms with Crippen LogP contribution in [0.5, 0.6) is 0 Å². The first kappa shape index (κ1) is 20.5. The van der Waals surface area contributed by atoms with Crippen molar-refractivity contribution in [2.75, 3.05) is 6.61 Å². The van der Waals surface area contributed by atoms with Crippen LogP contribution in [0, 0.1) is 18.8 Å². The average Bonchev–Trinajstić information content (AvgIpc) is 2.64. The van der Waals surface area contributed by atoms with Crippen molar-refractivity contribution in [2.24, 2.45) is 11.8 Å². The highest BCUT2D eigenvalue weighted by Gasteiger charge is 2.36. The molecule has 0 spiro atoms. The Bertz CT molecular complexity index is 596. The lowest BCUT2D eigenvalue weighted by molar-refractivity contribution is -0.166. The van der Waals surface area contributed by atoms with Gasteiger partial charge in [-0.25, -0.2) is 4.79 Å². The summed E-state index contributed by atoms with van der Waals surface area (Å²) in [5.41, 5.74) is 1.52. The van der Waals surface area contributed by atoms with Gasteiger partial charge in [0.05, 0.1) is 18.1 Å². The standard InChI is InChI=1S/C22H32O4/c1-4-6-11-17-15-18(5-2)26-22(24)20(17)13-9-14-25-21(23)19-12-8-7-10-16(19)3/h7-8,10,12,17-18,20H,4-6,9,11,13-15H2,1-3H3/t17-,18-,20+/m0/s1. The molecular formula is C22H32O4. The van der Waals surface area contributed by atoms with Gasteiger partial charge >= 0.3 is 11.9 Å². The van der Waals surface area contributed by atoms with Crippen LogP contribution in [0.25, 0.3) is 0 Å². The molecule has 1 saturated heterocycles. The van der Waals surface area contributed by atoms with Crippen molar-refractivity contribution in [1.82, 2.24) is 0 Å². The molecule has 1 aliphatic heterocycles. The fourth-order valence-electron chi connectivity index (χ4n) is 3.73. The Labute approximate surface area is 157 Å². The second-order valence-electron chi connectivity index (χ2n) is 7.30. The third-order valence-corrected chi connectivity index (χ3v) is 5.36. The Balaban J connectivity index is 1.83. The molecule has 4 heteroatoms. The summed E-state index contributed by atoms with van der Waals surface area (Å²) >= 11 is 0. The molecule has 2 rings (SSSR count). The first-order chi connectivity index (χ1) is 12.6. The second kappa shape index (κ2) is 10.3. The maximum Gasteiger partial charge on any atom is 0.338 e. The quantitative estimate of drug-likeness (QED) is 0.455. The SMILES string of the molecule is CCCC[C@H]1C[C@H](CC)OC(=O)[C@@H]1CCCOC(=O)c1ccccc1C. The van der Waals surface area contributed by atoms with Crippen LogP contribution in [0.1, 0.15) is 74.7 Å². The number of aryl methyl sites for hydroxylation is 1. The first-order valence-corrected chi connectivity index (χ1v) is 10.00. The zero-order valence-electron chi connectivity index (χ0n) is 16.3. The zero-order valence-corrected chi connectivity index (χ0v) is 16.3. The van der Waals surface area contributed by atoms with Crippen LogP contribution in [-0.2, 0) is 14.3 Å². The number of hydrogen-bond donors (Lipinski definition) is 0. The smallest absolute Gasteiger partial charge is 0.338 e. The molecule has 0 saturated carbocycles. The molecule has 1 heterocycles. The van der Waals surface area contributed by atoms with Gasteiger partial charge in [-0.1, -0.05) is 44.9 Å².